The van der Waals surface area contributed by atoms with Crippen molar-refractivity contribution in [3.8, 4) is 17.7 Å². The lowest BCUT2D eigenvalue weighted by atomic mass is 9.84. The van der Waals surface area contributed by atoms with E-state index < -0.39 is 50.2 Å². The fourth-order valence-electron chi connectivity index (χ4n) is 4.67. The highest BCUT2D eigenvalue weighted by Gasteiger charge is 2.56. The molecule has 1 saturated carbocycles. The molecule has 0 amide bonds. The van der Waals surface area contributed by atoms with Gasteiger partial charge in [-0.2, -0.15) is 20.3 Å². The van der Waals surface area contributed by atoms with Gasteiger partial charge in [0.2, 0.25) is 11.8 Å². The summed E-state index contributed by atoms with van der Waals surface area (Å²) in [5, 5.41) is 24.0. The van der Waals surface area contributed by atoms with Gasteiger partial charge in [0.25, 0.3) is 0 Å². The molecule has 1 aliphatic heterocycles. The number of rotatable bonds is 11. The van der Waals surface area contributed by atoms with E-state index in [-0.39, 0.29) is 34.8 Å². The largest absolute Gasteiger partial charge is 0.479 e. The van der Waals surface area contributed by atoms with Crippen molar-refractivity contribution in [2.45, 2.75) is 63.7 Å². The molecule has 6 unspecified atom stereocenters. The molecule has 3 aromatic rings. The highest BCUT2D eigenvalue weighted by atomic mass is 31.2. The number of carbonyl (C=O) groups is 1. The van der Waals surface area contributed by atoms with E-state index >= 15 is 0 Å². The van der Waals surface area contributed by atoms with Crippen molar-refractivity contribution < 1.29 is 37.7 Å². The smallest absolute Gasteiger partial charge is 0.459 e. The van der Waals surface area contributed by atoms with Gasteiger partial charge >= 0.3 is 13.7 Å². The van der Waals surface area contributed by atoms with E-state index in [9.17, 15) is 19.7 Å². The zero-order chi connectivity index (χ0) is 30.1. The van der Waals surface area contributed by atoms with Crippen molar-refractivity contribution in [2.24, 2.45) is 5.41 Å². The quantitative estimate of drug-likeness (QED) is 0.213. The second-order valence-corrected chi connectivity index (χ2v) is 12.0. The Morgan fingerprint density at radius 3 is 2.74 bits per heavy atom. The molecular formula is C26H32N7O8P. The van der Waals surface area contributed by atoms with Crippen LogP contribution >= 0.6 is 7.75 Å². The van der Waals surface area contributed by atoms with Crippen LogP contribution in [0.1, 0.15) is 39.3 Å². The zero-order valence-corrected chi connectivity index (χ0v) is 24.1. The van der Waals surface area contributed by atoms with Crippen molar-refractivity contribution in [3.63, 3.8) is 0 Å². The molecule has 3 heterocycles. The first-order chi connectivity index (χ1) is 20.1. The number of benzene rings is 1. The van der Waals surface area contributed by atoms with E-state index in [2.05, 4.69) is 26.1 Å². The van der Waals surface area contributed by atoms with Crippen molar-refractivity contribution >= 4 is 30.8 Å². The van der Waals surface area contributed by atoms with Gasteiger partial charge < -0.3 is 29.6 Å². The fraction of sp³-hybridized carbons (Fsp3) is 0.500. The second kappa shape index (κ2) is 11.8. The van der Waals surface area contributed by atoms with E-state index in [1.54, 1.807) is 30.3 Å². The summed E-state index contributed by atoms with van der Waals surface area (Å²) < 4.78 is 43.6. The number of fused-ring (bicyclic) bond motifs is 1. The standard InChI is InChI=1S/C26H32N7O8P/c1-15(23(35)39-16-10-7-11-16)32-42(36,41-17-8-5-4-6-9-17)38-12-18-20(34)26(2,13-27)24(40-18)33-14-29-19-21(33)30-25(28)31-22(19)37-3/h4-6,8-9,14-16,18,20,24,34H,7,10-12H2,1-3H3,(H,32,36)(H2,28,30,31). The molecule has 1 saturated heterocycles. The summed E-state index contributed by atoms with van der Waals surface area (Å²) in [5.41, 5.74) is 4.81. The summed E-state index contributed by atoms with van der Waals surface area (Å²) in [6, 6.07) is 9.35. The van der Waals surface area contributed by atoms with Gasteiger partial charge in [0.05, 0.1) is 26.1 Å². The molecule has 2 aliphatic rings. The van der Waals surface area contributed by atoms with Gasteiger partial charge in [-0.1, -0.05) is 18.2 Å². The number of aliphatic hydroxyl groups excluding tert-OH is 1. The molecule has 4 N–H and O–H groups in total. The Morgan fingerprint density at radius 2 is 2.10 bits per heavy atom. The fourth-order valence-corrected chi connectivity index (χ4v) is 6.17. The summed E-state index contributed by atoms with van der Waals surface area (Å²) in [7, 11) is -2.84. The Morgan fingerprint density at radius 1 is 1.36 bits per heavy atom. The Hall–Kier alpha value is -3.80. The van der Waals surface area contributed by atoms with Gasteiger partial charge in [0.1, 0.15) is 35.5 Å². The van der Waals surface area contributed by atoms with Crippen molar-refractivity contribution in [3.05, 3.63) is 36.7 Å². The first kappa shape index (κ1) is 29.7. The first-order valence-corrected chi connectivity index (χ1v) is 14.9. The number of aromatic nitrogens is 4. The number of nitriles is 1. The molecule has 2 fully saturated rings. The molecule has 16 heteroatoms. The summed E-state index contributed by atoms with van der Waals surface area (Å²) in [6.45, 7) is 2.53. The highest BCUT2D eigenvalue weighted by molar-refractivity contribution is 7.52. The Balaban J connectivity index is 1.37. The van der Waals surface area contributed by atoms with Crippen LogP contribution in [0, 0.1) is 16.7 Å². The second-order valence-electron chi connectivity index (χ2n) is 10.3. The molecule has 0 radical (unpaired) electrons. The maximum Gasteiger partial charge on any atom is 0.459 e. The predicted molar refractivity (Wildman–Crippen MR) is 147 cm³/mol. The summed E-state index contributed by atoms with van der Waals surface area (Å²) in [4.78, 5) is 25.1. The Labute approximate surface area is 241 Å². The number of nitrogens with one attached hydrogen (secondary N) is 1. The lowest BCUT2D eigenvalue weighted by Gasteiger charge is -2.28. The maximum absolute atomic E-state index is 13.9. The molecule has 1 aliphatic carbocycles. The number of imidazole rings is 1. The first-order valence-electron chi connectivity index (χ1n) is 13.3. The Bertz CT molecular complexity index is 1530. The summed E-state index contributed by atoms with van der Waals surface area (Å²) in [6.07, 6.45) is 0.0856. The van der Waals surface area contributed by atoms with E-state index in [1.807, 2.05) is 0 Å². The number of hydrogen-bond acceptors (Lipinski definition) is 13. The molecule has 2 aromatic heterocycles. The van der Waals surface area contributed by atoms with E-state index in [0.29, 0.717) is 0 Å². The average Bonchev–Trinajstić information content (AvgIpc) is 3.47. The monoisotopic (exact) mass is 601 g/mol. The highest BCUT2D eigenvalue weighted by Crippen LogP contribution is 2.49. The zero-order valence-electron chi connectivity index (χ0n) is 23.2. The van der Waals surface area contributed by atoms with Crippen molar-refractivity contribution in [1.29, 1.82) is 5.26 Å². The van der Waals surface area contributed by atoms with Crippen molar-refractivity contribution in [2.75, 3.05) is 19.5 Å². The molecular weight excluding hydrogens is 569 g/mol. The van der Waals surface area contributed by atoms with E-state index in [4.69, 9.17) is 29.0 Å². The number of nitrogens with two attached hydrogens (primary N) is 1. The summed E-state index contributed by atoms with van der Waals surface area (Å²) >= 11 is 0. The van der Waals surface area contributed by atoms with Gasteiger partial charge in [-0.3, -0.25) is 13.9 Å². The number of anilines is 1. The van der Waals surface area contributed by atoms with Gasteiger partial charge in [0.15, 0.2) is 17.4 Å². The molecule has 0 bridgehead atoms. The number of methoxy groups -OCH3 is 1. The van der Waals surface area contributed by atoms with Crippen LogP contribution in [0.5, 0.6) is 11.6 Å². The van der Waals surface area contributed by atoms with Crippen LogP contribution in [-0.4, -0.2) is 68.7 Å². The number of nitrogen functional groups attached to an aromatic ring is 1. The third-order valence-electron chi connectivity index (χ3n) is 7.29. The topological polar surface area (TPSA) is 206 Å². The number of ether oxygens (including phenoxy) is 3. The van der Waals surface area contributed by atoms with E-state index in [1.165, 1.54) is 31.9 Å². The van der Waals surface area contributed by atoms with E-state index in [0.717, 1.165) is 19.3 Å². The minimum Gasteiger partial charge on any atom is -0.479 e. The molecule has 224 valence electrons. The summed E-state index contributed by atoms with van der Waals surface area (Å²) in [5.74, 6) is -0.341. The SMILES string of the molecule is COc1nc(N)nc2c1ncn2C1OC(COP(=O)(NC(C)C(=O)OC2CCC2)Oc2ccccc2)C(O)C1(C)C#N. The maximum atomic E-state index is 13.9. The molecule has 0 spiro atoms. The van der Waals surface area contributed by atoms with Gasteiger partial charge in [-0.15, -0.1) is 0 Å². The third-order valence-corrected chi connectivity index (χ3v) is 8.94. The van der Waals surface area contributed by atoms with Crippen LogP contribution < -0.4 is 20.1 Å². The normalized spacial score (nSPS) is 26.1. The van der Waals surface area contributed by atoms with Crippen LogP contribution in [-0.2, 0) is 23.4 Å². The number of aliphatic hydroxyl groups is 1. The molecule has 15 nitrogen and oxygen atoms in total. The molecule has 1 aromatic carbocycles. The van der Waals surface area contributed by atoms with Crippen LogP contribution in [0.15, 0.2) is 36.7 Å². The number of hydrogen-bond donors (Lipinski definition) is 3. The minimum atomic E-state index is -4.25. The van der Waals surface area contributed by atoms with Crippen molar-refractivity contribution in [1.82, 2.24) is 24.6 Å². The van der Waals surface area contributed by atoms with Crippen LogP contribution in [0.4, 0.5) is 5.95 Å². The van der Waals surface area contributed by atoms with Crippen LogP contribution in [0.2, 0.25) is 0 Å². The van der Waals surface area contributed by atoms with Crippen LogP contribution in [0.3, 0.4) is 0 Å². The van der Waals surface area contributed by atoms with Gasteiger partial charge in [-0.05, 0) is 45.2 Å². The third kappa shape index (κ3) is 5.77. The average molecular weight is 602 g/mol. The predicted octanol–water partition coefficient (Wildman–Crippen LogP) is 2.48. The number of esters is 1. The Kier molecular flexibility index (Phi) is 8.36. The number of carbonyl (C=O) groups excluding carboxylic acids is 1. The number of para-hydroxylation sites is 1. The lowest BCUT2D eigenvalue weighted by molar-refractivity contribution is -0.154. The van der Waals surface area contributed by atoms with Gasteiger partial charge in [0, 0.05) is 0 Å². The lowest BCUT2D eigenvalue weighted by Crippen LogP contribution is -2.40. The number of nitrogens with zero attached hydrogens (tertiary/aromatic N) is 5. The molecule has 6 atom stereocenters. The molecule has 5 rings (SSSR count). The van der Waals surface area contributed by atoms with Crippen LogP contribution in [0.25, 0.3) is 11.2 Å². The van der Waals surface area contributed by atoms with Gasteiger partial charge in [-0.25, -0.2) is 9.55 Å². The molecule has 42 heavy (non-hydrogen) atoms. The minimum absolute atomic E-state index is 0.0896.